The Balaban J connectivity index is 2.19. The second kappa shape index (κ2) is 7.23. The van der Waals surface area contributed by atoms with Crippen LogP contribution in [0.5, 0.6) is 11.5 Å². The molecule has 0 unspecified atom stereocenters. The lowest BCUT2D eigenvalue weighted by Gasteiger charge is -2.34. The highest BCUT2D eigenvalue weighted by Gasteiger charge is 2.39. The molecular formula is C18H20N2O4S. The second-order valence-corrected chi connectivity index (χ2v) is 6.28. The summed E-state index contributed by atoms with van der Waals surface area (Å²) in [6.07, 6.45) is 1.92. The Morgan fingerprint density at radius 3 is 2.80 bits per heavy atom. The first-order chi connectivity index (χ1) is 12.1. The Morgan fingerprint density at radius 2 is 2.12 bits per heavy atom. The molecule has 2 aliphatic heterocycles. The molecule has 132 valence electrons. The number of fused-ring (bicyclic) bond motifs is 1. The highest BCUT2D eigenvalue weighted by Crippen LogP contribution is 2.46. The van der Waals surface area contributed by atoms with E-state index in [0.717, 1.165) is 10.7 Å². The van der Waals surface area contributed by atoms with Crippen molar-refractivity contribution < 1.29 is 19.0 Å². The number of amidine groups is 1. The summed E-state index contributed by atoms with van der Waals surface area (Å²) in [5.41, 5.74) is 1.98. The van der Waals surface area contributed by atoms with Crippen LogP contribution in [0.2, 0.25) is 0 Å². The number of esters is 1. The number of para-hydroxylation sites is 1. The molecule has 0 saturated heterocycles. The third kappa shape index (κ3) is 3.00. The van der Waals surface area contributed by atoms with Gasteiger partial charge >= 0.3 is 5.97 Å². The van der Waals surface area contributed by atoms with Crippen molar-refractivity contribution in [2.45, 2.75) is 19.9 Å². The van der Waals surface area contributed by atoms with Crippen LogP contribution in [0.3, 0.4) is 0 Å². The minimum atomic E-state index is -0.386. The third-order valence-electron chi connectivity index (χ3n) is 4.04. The number of hydrogen-bond donors (Lipinski definition) is 0. The van der Waals surface area contributed by atoms with Crippen molar-refractivity contribution in [2.24, 2.45) is 4.99 Å². The quantitative estimate of drug-likeness (QED) is 0.750. The molecule has 2 heterocycles. The molecule has 3 rings (SSSR count). The molecule has 0 N–H and O–H groups in total. The third-order valence-corrected chi connectivity index (χ3v) is 4.81. The summed E-state index contributed by atoms with van der Waals surface area (Å²) in [7, 11) is 3.18. The van der Waals surface area contributed by atoms with Crippen molar-refractivity contribution in [2.75, 3.05) is 20.8 Å². The summed E-state index contributed by atoms with van der Waals surface area (Å²) in [4.78, 5) is 19.2. The lowest BCUT2D eigenvalue weighted by molar-refractivity contribution is -0.139. The van der Waals surface area contributed by atoms with Crippen LogP contribution in [0.4, 0.5) is 0 Å². The zero-order valence-corrected chi connectivity index (χ0v) is 15.4. The summed E-state index contributed by atoms with van der Waals surface area (Å²) in [5.74, 6) is 0.833. The van der Waals surface area contributed by atoms with Gasteiger partial charge in [0.25, 0.3) is 0 Å². The van der Waals surface area contributed by atoms with Crippen LogP contribution in [-0.4, -0.2) is 36.9 Å². The highest BCUT2D eigenvalue weighted by atomic mass is 32.2. The largest absolute Gasteiger partial charge is 0.493 e. The van der Waals surface area contributed by atoms with E-state index in [1.807, 2.05) is 41.6 Å². The van der Waals surface area contributed by atoms with Crippen molar-refractivity contribution in [1.29, 1.82) is 0 Å². The van der Waals surface area contributed by atoms with Crippen LogP contribution in [0.15, 0.2) is 46.1 Å². The molecule has 1 aromatic carbocycles. The number of nitrogens with zero attached hydrogens (tertiary/aromatic N) is 2. The van der Waals surface area contributed by atoms with Gasteiger partial charge in [-0.05, 0) is 25.3 Å². The summed E-state index contributed by atoms with van der Waals surface area (Å²) < 4.78 is 16.3. The lowest BCUT2D eigenvalue weighted by atomic mass is 9.93. The number of hydrogen-bond acceptors (Lipinski definition) is 7. The molecule has 0 aliphatic carbocycles. The van der Waals surface area contributed by atoms with Crippen molar-refractivity contribution in [3.05, 3.63) is 46.6 Å². The smallest absolute Gasteiger partial charge is 0.338 e. The van der Waals surface area contributed by atoms with Gasteiger partial charge < -0.3 is 19.1 Å². The molecule has 0 aromatic heterocycles. The average molecular weight is 360 g/mol. The summed E-state index contributed by atoms with van der Waals surface area (Å²) in [6.45, 7) is 3.92. The Morgan fingerprint density at radius 1 is 1.32 bits per heavy atom. The van der Waals surface area contributed by atoms with E-state index in [1.165, 1.54) is 11.8 Å². The molecule has 6 nitrogen and oxygen atoms in total. The normalized spacial score (nSPS) is 18.8. The molecule has 0 saturated carbocycles. The predicted octanol–water partition coefficient (Wildman–Crippen LogP) is 3.47. The Labute approximate surface area is 151 Å². The van der Waals surface area contributed by atoms with Gasteiger partial charge in [0, 0.05) is 11.8 Å². The molecule has 0 radical (unpaired) electrons. The van der Waals surface area contributed by atoms with E-state index in [0.29, 0.717) is 29.4 Å². The number of benzene rings is 1. The average Bonchev–Trinajstić information content (AvgIpc) is 3.07. The molecule has 7 heteroatoms. The maximum absolute atomic E-state index is 12.7. The van der Waals surface area contributed by atoms with Crippen molar-refractivity contribution in [3.8, 4) is 11.5 Å². The first-order valence-electron chi connectivity index (χ1n) is 7.91. The van der Waals surface area contributed by atoms with Crippen LogP contribution >= 0.6 is 11.8 Å². The molecule has 25 heavy (non-hydrogen) atoms. The van der Waals surface area contributed by atoms with E-state index in [4.69, 9.17) is 14.2 Å². The zero-order valence-electron chi connectivity index (χ0n) is 14.6. The van der Waals surface area contributed by atoms with Gasteiger partial charge in [0.15, 0.2) is 16.7 Å². The number of aliphatic imine (C=N–C) groups is 1. The monoisotopic (exact) mass is 360 g/mol. The Bertz CT molecular complexity index is 785. The number of rotatable bonds is 5. The van der Waals surface area contributed by atoms with Crippen LogP contribution in [0.25, 0.3) is 0 Å². The fraction of sp³-hybridized carbons (Fsp3) is 0.333. The maximum Gasteiger partial charge on any atom is 0.338 e. The Kier molecular flexibility index (Phi) is 5.03. The number of carbonyl (C=O) groups excluding carboxylic acids is 1. The van der Waals surface area contributed by atoms with E-state index >= 15 is 0 Å². The molecule has 1 aromatic rings. The number of methoxy groups -OCH3 is 2. The van der Waals surface area contributed by atoms with Gasteiger partial charge in [0.1, 0.15) is 0 Å². The molecular weight excluding hydrogens is 340 g/mol. The van der Waals surface area contributed by atoms with Crippen LogP contribution in [0.1, 0.15) is 25.5 Å². The summed E-state index contributed by atoms with van der Waals surface area (Å²) in [5, 5.41) is 2.76. The van der Waals surface area contributed by atoms with Gasteiger partial charge in [-0.25, -0.2) is 9.79 Å². The topological polar surface area (TPSA) is 60.4 Å². The number of ether oxygens (including phenoxy) is 3. The van der Waals surface area contributed by atoms with E-state index in [9.17, 15) is 4.79 Å². The van der Waals surface area contributed by atoms with Gasteiger partial charge in [-0.2, -0.15) is 0 Å². The van der Waals surface area contributed by atoms with E-state index in [-0.39, 0.29) is 12.0 Å². The molecule has 0 spiro atoms. The van der Waals surface area contributed by atoms with Crippen LogP contribution in [0, 0.1) is 0 Å². The highest BCUT2D eigenvalue weighted by molar-refractivity contribution is 8.16. The molecule has 1 atom stereocenters. The standard InChI is InChI=1S/C18H20N2O4S/c1-5-24-17(21)14-11(2)19-18-20(9-10-25-18)15(14)12-7-6-8-13(22-3)16(12)23-4/h6-10,15H,5H2,1-4H3/t15-/m0/s1. The SMILES string of the molecule is CCOC(=O)C1=C(C)N=C2SC=CN2[C@H]1c1cccc(OC)c1OC. The molecule has 0 fully saturated rings. The number of carbonyl (C=O) groups is 1. The predicted molar refractivity (Wildman–Crippen MR) is 97.6 cm³/mol. The molecule has 0 amide bonds. The minimum absolute atomic E-state index is 0.304. The maximum atomic E-state index is 12.7. The van der Waals surface area contributed by atoms with Gasteiger partial charge in [-0.3, -0.25) is 0 Å². The second-order valence-electron chi connectivity index (χ2n) is 5.41. The van der Waals surface area contributed by atoms with E-state index in [2.05, 4.69) is 4.99 Å². The number of thioether (sulfide) groups is 1. The van der Waals surface area contributed by atoms with Crippen LogP contribution in [-0.2, 0) is 9.53 Å². The molecule has 2 aliphatic rings. The van der Waals surface area contributed by atoms with Gasteiger partial charge in [0.05, 0.1) is 38.1 Å². The van der Waals surface area contributed by atoms with E-state index < -0.39 is 0 Å². The first kappa shape index (κ1) is 17.4. The number of allylic oxidation sites excluding steroid dienone is 1. The van der Waals surface area contributed by atoms with Crippen LogP contribution < -0.4 is 9.47 Å². The fourth-order valence-electron chi connectivity index (χ4n) is 3.00. The fourth-order valence-corrected chi connectivity index (χ4v) is 3.79. The first-order valence-corrected chi connectivity index (χ1v) is 8.79. The Hall–Kier alpha value is -2.41. The van der Waals surface area contributed by atoms with Crippen molar-refractivity contribution >= 4 is 22.9 Å². The zero-order chi connectivity index (χ0) is 18.0. The van der Waals surface area contributed by atoms with Gasteiger partial charge in [-0.15, -0.1) is 0 Å². The van der Waals surface area contributed by atoms with Crippen molar-refractivity contribution in [1.82, 2.24) is 4.90 Å². The summed E-state index contributed by atoms with van der Waals surface area (Å²) in [6, 6.07) is 5.25. The van der Waals surface area contributed by atoms with Gasteiger partial charge in [-0.1, -0.05) is 23.9 Å². The lowest BCUT2D eigenvalue weighted by Crippen LogP contribution is -2.34. The summed E-state index contributed by atoms with van der Waals surface area (Å²) >= 11 is 1.52. The van der Waals surface area contributed by atoms with Crippen molar-refractivity contribution in [3.63, 3.8) is 0 Å². The van der Waals surface area contributed by atoms with Gasteiger partial charge in [0.2, 0.25) is 0 Å². The van der Waals surface area contributed by atoms with E-state index in [1.54, 1.807) is 21.1 Å². The molecule has 0 bridgehead atoms. The minimum Gasteiger partial charge on any atom is -0.493 e.